The van der Waals surface area contributed by atoms with Crippen LogP contribution in [0.5, 0.6) is 0 Å². The highest BCUT2D eigenvalue weighted by molar-refractivity contribution is 5.89. The predicted molar refractivity (Wildman–Crippen MR) is 136 cm³/mol. The standard InChI is InChI=1S/C28H31N5O2/c1-20-14-16-21(17-15-20)18-32(25(34)19-33-24-13-9-8-12-23(24)30-31-33)26(22-10-6-5-7-11-22)27(35)29-28(2,3)4/h5-17,26H,18-19H2,1-4H3,(H,29,35). The molecular formula is C28H31N5O2. The molecule has 1 aromatic heterocycles. The number of carbonyl (C=O) groups excluding carboxylic acids is 2. The molecule has 3 aromatic carbocycles. The van der Waals surface area contributed by atoms with Gasteiger partial charge in [-0.25, -0.2) is 4.68 Å². The van der Waals surface area contributed by atoms with Gasteiger partial charge in [0.2, 0.25) is 11.8 Å². The molecule has 180 valence electrons. The Hall–Kier alpha value is -4.00. The van der Waals surface area contributed by atoms with Gasteiger partial charge in [0, 0.05) is 12.1 Å². The minimum Gasteiger partial charge on any atom is -0.349 e. The highest BCUT2D eigenvalue weighted by Gasteiger charge is 2.33. The first-order chi connectivity index (χ1) is 16.7. The SMILES string of the molecule is Cc1ccc(CN(C(=O)Cn2nnc3ccccc32)C(C(=O)NC(C)(C)C)c2ccccc2)cc1. The van der Waals surface area contributed by atoms with Gasteiger partial charge in [0.05, 0.1) is 5.52 Å². The van der Waals surface area contributed by atoms with Crippen LogP contribution >= 0.6 is 0 Å². The van der Waals surface area contributed by atoms with Crippen LogP contribution in [0.2, 0.25) is 0 Å². The lowest BCUT2D eigenvalue weighted by molar-refractivity contribution is -0.142. The summed E-state index contributed by atoms with van der Waals surface area (Å²) in [5, 5.41) is 11.4. The van der Waals surface area contributed by atoms with E-state index in [-0.39, 0.29) is 24.9 Å². The number of aryl methyl sites for hydroxylation is 1. The highest BCUT2D eigenvalue weighted by atomic mass is 16.2. The van der Waals surface area contributed by atoms with Crippen LogP contribution in [0.15, 0.2) is 78.9 Å². The van der Waals surface area contributed by atoms with Crippen molar-refractivity contribution in [2.45, 2.75) is 52.4 Å². The molecule has 0 saturated carbocycles. The van der Waals surface area contributed by atoms with Gasteiger partial charge in [-0.1, -0.05) is 77.5 Å². The Balaban J connectivity index is 1.74. The van der Waals surface area contributed by atoms with Crippen molar-refractivity contribution < 1.29 is 9.59 Å². The molecule has 4 rings (SSSR count). The summed E-state index contributed by atoms with van der Waals surface area (Å²) in [6, 6.07) is 24.1. The van der Waals surface area contributed by atoms with Crippen molar-refractivity contribution in [2.75, 3.05) is 0 Å². The van der Waals surface area contributed by atoms with E-state index in [4.69, 9.17) is 0 Å². The van der Waals surface area contributed by atoms with Gasteiger partial charge in [-0.15, -0.1) is 5.10 Å². The number of nitrogens with one attached hydrogen (secondary N) is 1. The van der Waals surface area contributed by atoms with Crippen LogP contribution in [0.3, 0.4) is 0 Å². The van der Waals surface area contributed by atoms with Crippen LogP contribution in [-0.2, 0) is 22.7 Å². The minimum atomic E-state index is -0.806. The zero-order valence-corrected chi connectivity index (χ0v) is 20.6. The summed E-state index contributed by atoms with van der Waals surface area (Å²) in [7, 11) is 0. The molecular weight excluding hydrogens is 438 g/mol. The average Bonchev–Trinajstić information content (AvgIpc) is 3.22. The Bertz CT molecular complexity index is 1310. The number of para-hydroxylation sites is 1. The zero-order valence-electron chi connectivity index (χ0n) is 20.6. The Labute approximate surface area is 205 Å². The Morgan fingerprint density at radius 2 is 1.60 bits per heavy atom. The van der Waals surface area contributed by atoms with Crippen molar-refractivity contribution in [1.82, 2.24) is 25.2 Å². The molecule has 0 spiro atoms. The second-order valence-corrected chi connectivity index (χ2v) is 9.80. The van der Waals surface area contributed by atoms with Gasteiger partial charge < -0.3 is 10.2 Å². The molecule has 0 aliphatic heterocycles. The number of carbonyl (C=O) groups is 2. The molecule has 1 atom stereocenters. The smallest absolute Gasteiger partial charge is 0.247 e. The molecule has 0 aliphatic rings. The highest BCUT2D eigenvalue weighted by Crippen LogP contribution is 2.26. The van der Waals surface area contributed by atoms with Crippen molar-refractivity contribution in [1.29, 1.82) is 0 Å². The summed E-state index contributed by atoms with van der Waals surface area (Å²) in [5.74, 6) is -0.452. The normalized spacial score (nSPS) is 12.3. The number of aromatic nitrogens is 3. The van der Waals surface area contributed by atoms with Crippen molar-refractivity contribution in [3.63, 3.8) is 0 Å². The summed E-state index contributed by atoms with van der Waals surface area (Å²) < 4.78 is 1.59. The topological polar surface area (TPSA) is 80.1 Å². The van der Waals surface area contributed by atoms with Crippen molar-refractivity contribution in [3.8, 4) is 0 Å². The van der Waals surface area contributed by atoms with E-state index in [0.29, 0.717) is 0 Å². The van der Waals surface area contributed by atoms with Gasteiger partial charge in [-0.05, 0) is 51.0 Å². The van der Waals surface area contributed by atoms with E-state index in [1.807, 2.05) is 107 Å². The van der Waals surface area contributed by atoms with Gasteiger partial charge in [-0.2, -0.15) is 0 Å². The molecule has 0 aliphatic carbocycles. The average molecular weight is 470 g/mol. The zero-order chi connectivity index (χ0) is 25.0. The molecule has 0 saturated heterocycles. The predicted octanol–water partition coefficient (Wildman–Crippen LogP) is 4.42. The largest absolute Gasteiger partial charge is 0.349 e. The second-order valence-electron chi connectivity index (χ2n) is 9.80. The Morgan fingerprint density at radius 1 is 0.943 bits per heavy atom. The third kappa shape index (κ3) is 5.93. The molecule has 4 aromatic rings. The maximum absolute atomic E-state index is 13.9. The third-order valence-corrected chi connectivity index (χ3v) is 5.67. The lowest BCUT2D eigenvalue weighted by Crippen LogP contribution is -2.49. The van der Waals surface area contributed by atoms with Crippen LogP contribution < -0.4 is 5.32 Å². The van der Waals surface area contributed by atoms with Gasteiger partial charge in [0.15, 0.2) is 0 Å². The van der Waals surface area contributed by atoms with Gasteiger partial charge in [0.25, 0.3) is 0 Å². The molecule has 0 fully saturated rings. The molecule has 1 unspecified atom stereocenters. The van der Waals surface area contributed by atoms with Crippen LogP contribution in [-0.4, -0.2) is 37.2 Å². The first kappa shape index (κ1) is 24.1. The van der Waals surface area contributed by atoms with Crippen LogP contribution in [0.1, 0.15) is 43.5 Å². The van der Waals surface area contributed by atoms with Gasteiger partial charge in [-0.3, -0.25) is 9.59 Å². The molecule has 1 N–H and O–H groups in total. The number of fused-ring (bicyclic) bond motifs is 1. The van der Waals surface area contributed by atoms with Gasteiger partial charge in [0.1, 0.15) is 18.1 Å². The van der Waals surface area contributed by atoms with Crippen LogP contribution in [0.4, 0.5) is 0 Å². The van der Waals surface area contributed by atoms with E-state index in [1.165, 1.54) is 0 Å². The summed E-state index contributed by atoms with van der Waals surface area (Å²) in [4.78, 5) is 29.1. The molecule has 2 amide bonds. The first-order valence-corrected chi connectivity index (χ1v) is 11.7. The third-order valence-electron chi connectivity index (χ3n) is 5.67. The maximum Gasteiger partial charge on any atom is 0.247 e. The molecule has 7 nitrogen and oxygen atoms in total. The Kier molecular flexibility index (Phi) is 6.96. The fraction of sp³-hybridized carbons (Fsp3) is 0.286. The van der Waals surface area contributed by atoms with Gasteiger partial charge >= 0.3 is 0 Å². The fourth-order valence-corrected chi connectivity index (χ4v) is 4.01. The molecule has 1 heterocycles. The van der Waals surface area contributed by atoms with E-state index in [2.05, 4.69) is 15.6 Å². The lowest BCUT2D eigenvalue weighted by Gasteiger charge is -2.34. The summed E-state index contributed by atoms with van der Waals surface area (Å²) >= 11 is 0. The number of hydrogen-bond donors (Lipinski definition) is 1. The minimum absolute atomic E-state index is 0.0293. The van der Waals surface area contributed by atoms with E-state index in [1.54, 1.807) is 9.58 Å². The molecule has 0 radical (unpaired) electrons. The monoisotopic (exact) mass is 469 g/mol. The van der Waals surface area contributed by atoms with Crippen molar-refractivity contribution in [2.24, 2.45) is 0 Å². The Morgan fingerprint density at radius 3 is 2.29 bits per heavy atom. The van der Waals surface area contributed by atoms with E-state index >= 15 is 0 Å². The number of hydrogen-bond acceptors (Lipinski definition) is 4. The van der Waals surface area contributed by atoms with E-state index in [0.717, 1.165) is 27.7 Å². The molecule has 0 bridgehead atoms. The summed E-state index contributed by atoms with van der Waals surface area (Å²) in [6.07, 6.45) is 0. The van der Waals surface area contributed by atoms with E-state index in [9.17, 15) is 9.59 Å². The van der Waals surface area contributed by atoms with Crippen LogP contribution in [0, 0.1) is 6.92 Å². The number of nitrogens with zero attached hydrogens (tertiary/aromatic N) is 4. The van der Waals surface area contributed by atoms with Crippen molar-refractivity contribution in [3.05, 3.63) is 95.6 Å². The van der Waals surface area contributed by atoms with E-state index < -0.39 is 11.6 Å². The maximum atomic E-state index is 13.9. The quantitative estimate of drug-likeness (QED) is 0.434. The number of amides is 2. The second kappa shape index (κ2) is 10.1. The fourth-order valence-electron chi connectivity index (χ4n) is 4.01. The van der Waals surface area contributed by atoms with Crippen LogP contribution in [0.25, 0.3) is 11.0 Å². The molecule has 35 heavy (non-hydrogen) atoms. The van der Waals surface area contributed by atoms with Crippen molar-refractivity contribution >= 4 is 22.8 Å². The lowest BCUT2D eigenvalue weighted by atomic mass is 10.0. The summed E-state index contributed by atoms with van der Waals surface area (Å²) in [5.41, 5.74) is 3.85. The first-order valence-electron chi connectivity index (χ1n) is 11.7. The summed E-state index contributed by atoms with van der Waals surface area (Å²) in [6.45, 7) is 8.06. The number of rotatable bonds is 7. The molecule has 7 heteroatoms. The number of benzene rings is 3.